The molecule has 3 rings (SSSR count). The summed E-state index contributed by atoms with van der Waals surface area (Å²) < 4.78 is 0. The van der Waals surface area contributed by atoms with E-state index in [9.17, 15) is 10.1 Å². The standard InChI is InChI=1S/C16H12N6O2/c23-22(24)15-5-3-13(4-6-15)14-10-18-16(19-11-14)21-20-9-12-2-1-7-17-8-12/h1-11H,(H,18,19,21). The van der Waals surface area contributed by atoms with Crippen LogP contribution in [0.25, 0.3) is 11.1 Å². The van der Waals surface area contributed by atoms with E-state index in [1.165, 1.54) is 12.1 Å². The molecule has 1 N–H and O–H groups in total. The van der Waals surface area contributed by atoms with Gasteiger partial charge in [0.15, 0.2) is 0 Å². The number of nitro benzene ring substituents is 1. The molecule has 0 aliphatic heterocycles. The molecule has 0 bridgehead atoms. The van der Waals surface area contributed by atoms with Gasteiger partial charge in [0.1, 0.15) is 0 Å². The minimum atomic E-state index is -0.437. The quantitative estimate of drug-likeness (QED) is 0.440. The van der Waals surface area contributed by atoms with E-state index in [-0.39, 0.29) is 5.69 Å². The Morgan fingerprint density at radius 2 is 1.79 bits per heavy atom. The lowest BCUT2D eigenvalue weighted by Crippen LogP contribution is -1.97. The minimum absolute atomic E-state index is 0.0442. The molecular formula is C16H12N6O2. The second-order valence-corrected chi connectivity index (χ2v) is 4.76. The van der Waals surface area contributed by atoms with Gasteiger partial charge in [-0.1, -0.05) is 6.07 Å². The summed E-state index contributed by atoms with van der Waals surface area (Å²) in [5.74, 6) is 0.348. The van der Waals surface area contributed by atoms with Gasteiger partial charge >= 0.3 is 0 Å². The summed E-state index contributed by atoms with van der Waals surface area (Å²) in [5, 5.41) is 14.7. The molecule has 0 saturated carbocycles. The fourth-order valence-corrected chi connectivity index (χ4v) is 1.93. The zero-order chi connectivity index (χ0) is 16.8. The molecule has 0 radical (unpaired) electrons. The molecule has 0 spiro atoms. The van der Waals surface area contributed by atoms with Crippen LogP contribution in [0.4, 0.5) is 11.6 Å². The number of anilines is 1. The number of nitro groups is 1. The van der Waals surface area contributed by atoms with E-state index in [4.69, 9.17) is 0 Å². The highest BCUT2D eigenvalue weighted by molar-refractivity contribution is 5.79. The summed E-state index contributed by atoms with van der Waals surface area (Å²) in [7, 11) is 0. The molecule has 8 heteroatoms. The van der Waals surface area contributed by atoms with E-state index in [0.717, 1.165) is 16.7 Å². The summed E-state index contributed by atoms with van der Waals surface area (Å²) in [6.07, 6.45) is 8.22. The van der Waals surface area contributed by atoms with Crippen LogP contribution in [0.1, 0.15) is 5.56 Å². The summed E-state index contributed by atoms with van der Waals surface area (Å²) in [6.45, 7) is 0. The van der Waals surface area contributed by atoms with Crippen molar-refractivity contribution in [2.75, 3.05) is 5.43 Å². The third-order valence-corrected chi connectivity index (χ3v) is 3.13. The fourth-order valence-electron chi connectivity index (χ4n) is 1.93. The highest BCUT2D eigenvalue weighted by atomic mass is 16.6. The number of rotatable bonds is 5. The number of nitrogens with zero attached hydrogens (tertiary/aromatic N) is 5. The van der Waals surface area contributed by atoms with Crippen molar-refractivity contribution in [2.24, 2.45) is 5.10 Å². The summed E-state index contributed by atoms with van der Waals surface area (Å²) >= 11 is 0. The number of hydrogen-bond donors (Lipinski definition) is 1. The Bertz CT molecular complexity index is 848. The van der Waals surface area contributed by atoms with Crippen LogP contribution in [0.15, 0.2) is 66.3 Å². The van der Waals surface area contributed by atoms with Crippen molar-refractivity contribution in [3.05, 3.63) is 76.9 Å². The Kier molecular flexibility index (Phi) is 4.47. The first-order valence-electron chi connectivity index (χ1n) is 6.98. The molecule has 0 fully saturated rings. The van der Waals surface area contributed by atoms with Crippen molar-refractivity contribution in [3.63, 3.8) is 0 Å². The number of aromatic nitrogens is 3. The zero-order valence-electron chi connectivity index (χ0n) is 12.4. The molecule has 0 aliphatic rings. The van der Waals surface area contributed by atoms with Crippen molar-refractivity contribution in [2.45, 2.75) is 0 Å². The summed E-state index contributed by atoms with van der Waals surface area (Å²) in [5.41, 5.74) is 5.18. The number of non-ortho nitro benzene ring substituents is 1. The predicted octanol–water partition coefficient (Wildman–Crippen LogP) is 2.89. The normalized spacial score (nSPS) is 10.7. The molecule has 0 amide bonds. The van der Waals surface area contributed by atoms with Gasteiger partial charge in [-0.15, -0.1) is 0 Å². The maximum atomic E-state index is 10.7. The number of nitrogens with one attached hydrogen (secondary N) is 1. The third kappa shape index (κ3) is 3.74. The maximum Gasteiger partial charge on any atom is 0.269 e. The number of hydrogen-bond acceptors (Lipinski definition) is 7. The van der Waals surface area contributed by atoms with Gasteiger partial charge in [0.25, 0.3) is 5.69 Å². The maximum absolute atomic E-state index is 10.7. The van der Waals surface area contributed by atoms with Crippen LogP contribution in [0, 0.1) is 10.1 Å². The lowest BCUT2D eigenvalue weighted by molar-refractivity contribution is -0.384. The molecule has 1 aromatic carbocycles. The van der Waals surface area contributed by atoms with Crippen molar-refractivity contribution >= 4 is 17.9 Å². The highest BCUT2D eigenvalue weighted by Crippen LogP contribution is 2.21. The van der Waals surface area contributed by atoms with Crippen molar-refractivity contribution in [1.29, 1.82) is 0 Å². The van der Waals surface area contributed by atoms with Crippen molar-refractivity contribution < 1.29 is 4.92 Å². The van der Waals surface area contributed by atoms with Gasteiger partial charge in [-0.2, -0.15) is 5.10 Å². The zero-order valence-corrected chi connectivity index (χ0v) is 12.4. The van der Waals surface area contributed by atoms with Gasteiger partial charge in [0.2, 0.25) is 5.95 Å². The van der Waals surface area contributed by atoms with Crippen LogP contribution in [0.2, 0.25) is 0 Å². The topological polar surface area (TPSA) is 106 Å². The minimum Gasteiger partial charge on any atom is -0.264 e. The molecule has 118 valence electrons. The smallest absolute Gasteiger partial charge is 0.264 e. The van der Waals surface area contributed by atoms with E-state index < -0.39 is 4.92 Å². The van der Waals surface area contributed by atoms with E-state index in [0.29, 0.717) is 5.95 Å². The van der Waals surface area contributed by atoms with E-state index in [2.05, 4.69) is 25.5 Å². The van der Waals surface area contributed by atoms with Gasteiger partial charge in [-0.25, -0.2) is 15.4 Å². The number of hydrazone groups is 1. The highest BCUT2D eigenvalue weighted by Gasteiger charge is 2.05. The molecule has 0 atom stereocenters. The summed E-state index contributed by atoms with van der Waals surface area (Å²) in [4.78, 5) is 22.5. The first-order chi connectivity index (χ1) is 11.7. The van der Waals surface area contributed by atoms with Crippen LogP contribution in [0.5, 0.6) is 0 Å². The number of benzene rings is 1. The van der Waals surface area contributed by atoms with Crippen LogP contribution < -0.4 is 5.43 Å². The Balaban J connectivity index is 1.67. The second kappa shape index (κ2) is 7.05. The summed E-state index contributed by atoms with van der Waals surface area (Å²) in [6, 6.07) is 9.89. The van der Waals surface area contributed by atoms with E-state index in [1.807, 2.05) is 12.1 Å². The van der Waals surface area contributed by atoms with E-state index in [1.54, 1.807) is 43.1 Å². The molecule has 2 heterocycles. The van der Waals surface area contributed by atoms with Crippen LogP contribution >= 0.6 is 0 Å². The third-order valence-electron chi connectivity index (χ3n) is 3.13. The van der Waals surface area contributed by atoms with Crippen LogP contribution in [0.3, 0.4) is 0 Å². The van der Waals surface area contributed by atoms with E-state index >= 15 is 0 Å². The average molecular weight is 320 g/mol. The molecule has 0 saturated heterocycles. The Labute approximate surface area is 137 Å². The van der Waals surface area contributed by atoms with Crippen LogP contribution in [-0.4, -0.2) is 26.1 Å². The average Bonchev–Trinajstić information content (AvgIpc) is 2.63. The Morgan fingerprint density at radius 3 is 2.42 bits per heavy atom. The Hall–Kier alpha value is -3.68. The first kappa shape index (κ1) is 15.2. The molecule has 2 aromatic heterocycles. The molecule has 3 aromatic rings. The molecule has 0 unspecified atom stereocenters. The predicted molar refractivity (Wildman–Crippen MR) is 89.6 cm³/mol. The SMILES string of the molecule is O=[N+]([O-])c1ccc(-c2cnc(NN=Cc3cccnc3)nc2)cc1. The van der Waals surface area contributed by atoms with Gasteiger partial charge in [0.05, 0.1) is 11.1 Å². The van der Waals surface area contributed by atoms with Gasteiger partial charge in [-0.3, -0.25) is 15.1 Å². The fraction of sp³-hybridized carbons (Fsp3) is 0. The monoisotopic (exact) mass is 320 g/mol. The van der Waals surface area contributed by atoms with Crippen molar-refractivity contribution in [3.8, 4) is 11.1 Å². The van der Waals surface area contributed by atoms with Gasteiger partial charge < -0.3 is 0 Å². The lowest BCUT2D eigenvalue weighted by Gasteiger charge is -2.02. The molecular weight excluding hydrogens is 308 g/mol. The molecule has 8 nitrogen and oxygen atoms in total. The Morgan fingerprint density at radius 1 is 1.04 bits per heavy atom. The van der Waals surface area contributed by atoms with Gasteiger partial charge in [0, 0.05) is 48.0 Å². The second-order valence-electron chi connectivity index (χ2n) is 4.76. The molecule has 24 heavy (non-hydrogen) atoms. The van der Waals surface area contributed by atoms with Gasteiger partial charge in [-0.05, 0) is 23.8 Å². The lowest BCUT2D eigenvalue weighted by atomic mass is 10.1. The molecule has 0 aliphatic carbocycles. The van der Waals surface area contributed by atoms with Crippen molar-refractivity contribution in [1.82, 2.24) is 15.0 Å². The largest absolute Gasteiger partial charge is 0.269 e. The number of pyridine rings is 1. The van der Waals surface area contributed by atoms with Crippen LogP contribution in [-0.2, 0) is 0 Å². The first-order valence-corrected chi connectivity index (χ1v) is 6.98.